The summed E-state index contributed by atoms with van der Waals surface area (Å²) in [7, 11) is 1.83. The van der Waals surface area contributed by atoms with Crippen molar-refractivity contribution in [3.8, 4) is 11.1 Å². The number of halogens is 3. The van der Waals surface area contributed by atoms with Crippen LogP contribution in [0.25, 0.3) is 11.1 Å². The summed E-state index contributed by atoms with van der Waals surface area (Å²) in [5, 5.41) is 3.01. The average molecular weight is 265 g/mol. The predicted octanol–water partition coefficient (Wildman–Crippen LogP) is 3.80. The van der Waals surface area contributed by atoms with Gasteiger partial charge >= 0.3 is 0 Å². The second-order valence-corrected chi connectivity index (χ2v) is 4.40. The summed E-state index contributed by atoms with van der Waals surface area (Å²) in [4.78, 5) is 0. The number of hydrogen-bond donors (Lipinski definition) is 1. The Morgan fingerprint density at radius 2 is 1.63 bits per heavy atom. The molecule has 0 spiro atoms. The van der Waals surface area contributed by atoms with Gasteiger partial charge in [0.1, 0.15) is 0 Å². The molecule has 2 rings (SSSR count). The maximum absolute atomic E-state index is 13.7. The van der Waals surface area contributed by atoms with Crippen molar-refractivity contribution in [2.24, 2.45) is 0 Å². The Hall–Kier alpha value is -1.81. The van der Waals surface area contributed by atoms with Crippen LogP contribution >= 0.6 is 0 Å². The first kappa shape index (κ1) is 13.6. The minimum atomic E-state index is -1.43. The number of aryl methyl sites for hydroxylation is 1. The van der Waals surface area contributed by atoms with Gasteiger partial charge in [-0.3, -0.25) is 0 Å². The molecule has 2 aromatic carbocycles. The van der Waals surface area contributed by atoms with Gasteiger partial charge in [0.05, 0.1) is 0 Å². The van der Waals surface area contributed by atoms with Crippen LogP contribution in [0.2, 0.25) is 0 Å². The summed E-state index contributed by atoms with van der Waals surface area (Å²) in [5.74, 6) is -3.76. The van der Waals surface area contributed by atoms with Gasteiger partial charge in [-0.2, -0.15) is 0 Å². The van der Waals surface area contributed by atoms with E-state index in [1.54, 1.807) is 6.07 Å². The summed E-state index contributed by atoms with van der Waals surface area (Å²) in [6.45, 7) is 2.51. The standard InChI is InChI=1S/C15H14F3N/c1-9-7-10(8-19-2)3-4-11(9)12-5-6-13(16)15(18)14(12)17/h3-7,19H,8H2,1-2H3. The third-order valence-corrected chi connectivity index (χ3v) is 3.00. The first-order valence-corrected chi connectivity index (χ1v) is 5.92. The molecule has 0 radical (unpaired) electrons. The van der Waals surface area contributed by atoms with Crippen molar-refractivity contribution in [3.63, 3.8) is 0 Å². The van der Waals surface area contributed by atoms with Crippen LogP contribution < -0.4 is 5.32 Å². The maximum Gasteiger partial charge on any atom is 0.195 e. The molecule has 0 bridgehead atoms. The second kappa shape index (κ2) is 5.45. The highest BCUT2D eigenvalue weighted by Gasteiger charge is 2.15. The smallest absolute Gasteiger partial charge is 0.195 e. The third kappa shape index (κ3) is 2.63. The highest BCUT2D eigenvalue weighted by Crippen LogP contribution is 2.29. The van der Waals surface area contributed by atoms with E-state index in [-0.39, 0.29) is 5.56 Å². The molecule has 0 aliphatic carbocycles. The van der Waals surface area contributed by atoms with E-state index in [0.29, 0.717) is 12.1 Å². The van der Waals surface area contributed by atoms with Crippen LogP contribution in [0.5, 0.6) is 0 Å². The predicted molar refractivity (Wildman–Crippen MR) is 69.3 cm³/mol. The van der Waals surface area contributed by atoms with E-state index >= 15 is 0 Å². The van der Waals surface area contributed by atoms with Crippen LogP contribution in [0.1, 0.15) is 11.1 Å². The number of nitrogens with one attached hydrogen (secondary N) is 1. The Balaban J connectivity index is 2.51. The van der Waals surface area contributed by atoms with Gasteiger partial charge in [-0.25, -0.2) is 13.2 Å². The lowest BCUT2D eigenvalue weighted by atomic mass is 9.97. The molecule has 0 aliphatic heterocycles. The Morgan fingerprint density at radius 1 is 0.947 bits per heavy atom. The molecule has 0 amide bonds. The van der Waals surface area contributed by atoms with Crippen molar-refractivity contribution in [2.75, 3.05) is 7.05 Å². The van der Waals surface area contributed by atoms with Crippen LogP contribution in [-0.4, -0.2) is 7.05 Å². The van der Waals surface area contributed by atoms with Gasteiger partial charge in [0.2, 0.25) is 0 Å². The van der Waals surface area contributed by atoms with Gasteiger partial charge in [0, 0.05) is 12.1 Å². The zero-order valence-corrected chi connectivity index (χ0v) is 10.7. The van der Waals surface area contributed by atoms with E-state index in [1.807, 2.05) is 26.1 Å². The van der Waals surface area contributed by atoms with Crippen molar-refractivity contribution in [2.45, 2.75) is 13.5 Å². The minimum Gasteiger partial charge on any atom is -0.316 e. The van der Waals surface area contributed by atoms with E-state index in [4.69, 9.17) is 0 Å². The fourth-order valence-electron chi connectivity index (χ4n) is 2.08. The Labute approximate surface area is 110 Å². The molecule has 0 atom stereocenters. The zero-order chi connectivity index (χ0) is 14.0. The summed E-state index contributed by atoms with van der Waals surface area (Å²) in [6.07, 6.45) is 0. The molecule has 0 saturated heterocycles. The molecule has 0 aromatic heterocycles. The van der Waals surface area contributed by atoms with Gasteiger partial charge in [0.15, 0.2) is 17.5 Å². The molecule has 0 aliphatic rings. The first-order chi connectivity index (χ1) is 9.04. The molecular formula is C15H14F3N. The molecule has 0 unspecified atom stereocenters. The van der Waals surface area contributed by atoms with E-state index < -0.39 is 17.5 Å². The Bertz CT molecular complexity index is 609. The maximum atomic E-state index is 13.7. The van der Waals surface area contributed by atoms with Gasteiger partial charge in [-0.15, -0.1) is 0 Å². The highest BCUT2D eigenvalue weighted by atomic mass is 19.2. The molecule has 19 heavy (non-hydrogen) atoms. The molecule has 2 aromatic rings. The van der Waals surface area contributed by atoms with Gasteiger partial charge in [-0.05, 0) is 42.8 Å². The van der Waals surface area contributed by atoms with Crippen molar-refractivity contribution in [3.05, 3.63) is 58.9 Å². The largest absolute Gasteiger partial charge is 0.316 e. The lowest BCUT2D eigenvalue weighted by Gasteiger charge is -2.10. The summed E-state index contributed by atoms with van der Waals surface area (Å²) in [6, 6.07) is 7.65. The summed E-state index contributed by atoms with van der Waals surface area (Å²) < 4.78 is 39.9. The SMILES string of the molecule is CNCc1ccc(-c2ccc(F)c(F)c2F)c(C)c1. The summed E-state index contributed by atoms with van der Waals surface area (Å²) in [5.41, 5.74) is 2.51. The minimum absolute atomic E-state index is 0.0763. The topological polar surface area (TPSA) is 12.0 Å². The lowest BCUT2D eigenvalue weighted by Crippen LogP contribution is -2.05. The van der Waals surface area contributed by atoms with Crippen molar-refractivity contribution in [1.82, 2.24) is 5.32 Å². The molecule has 4 heteroatoms. The second-order valence-electron chi connectivity index (χ2n) is 4.40. The van der Waals surface area contributed by atoms with Crippen LogP contribution in [0.15, 0.2) is 30.3 Å². The molecule has 100 valence electrons. The average Bonchev–Trinajstić information content (AvgIpc) is 2.38. The van der Waals surface area contributed by atoms with Crippen molar-refractivity contribution < 1.29 is 13.2 Å². The number of rotatable bonds is 3. The molecular weight excluding hydrogens is 251 g/mol. The number of benzene rings is 2. The van der Waals surface area contributed by atoms with Crippen LogP contribution in [0, 0.1) is 24.4 Å². The van der Waals surface area contributed by atoms with E-state index in [1.165, 1.54) is 6.07 Å². The molecule has 0 saturated carbocycles. The van der Waals surface area contributed by atoms with Gasteiger partial charge in [0.25, 0.3) is 0 Å². The summed E-state index contributed by atoms with van der Waals surface area (Å²) >= 11 is 0. The Morgan fingerprint density at radius 3 is 2.26 bits per heavy atom. The molecule has 0 fully saturated rings. The normalized spacial score (nSPS) is 10.8. The monoisotopic (exact) mass is 265 g/mol. The fourth-order valence-corrected chi connectivity index (χ4v) is 2.08. The fraction of sp³-hybridized carbons (Fsp3) is 0.200. The number of hydrogen-bond acceptors (Lipinski definition) is 1. The van der Waals surface area contributed by atoms with E-state index in [2.05, 4.69) is 5.32 Å². The van der Waals surface area contributed by atoms with Crippen LogP contribution in [0.4, 0.5) is 13.2 Å². The van der Waals surface area contributed by atoms with Crippen molar-refractivity contribution in [1.29, 1.82) is 0 Å². The lowest BCUT2D eigenvalue weighted by molar-refractivity contribution is 0.449. The Kier molecular flexibility index (Phi) is 3.90. The van der Waals surface area contributed by atoms with Crippen molar-refractivity contribution >= 4 is 0 Å². The molecule has 1 nitrogen and oxygen atoms in total. The molecule has 1 N–H and O–H groups in total. The third-order valence-electron chi connectivity index (χ3n) is 3.00. The van der Waals surface area contributed by atoms with E-state index in [0.717, 1.165) is 17.2 Å². The van der Waals surface area contributed by atoms with E-state index in [9.17, 15) is 13.2 Å². The van der Waals surface area contributed by atoms with Crippen LogP contribution in [-0.2, 0) is 6.54 Å². The van der Waals surface area contributed by atoms with Crippen LogP contribution in [0.3, 0.4) is 0 Å². The quantitative estimate of drug-likeness (QED) is 0.832. The van der Waals surface area contributed by atoms with Gasteiger partial charge in [-0.1, -0.05) is 18.2 Å². The molecule has 0 heterocycles. The van der Waals surface area contributed by atoms with Gasteiger partial charge < -0.3 is 5.32 Å². The highest BCUT2D eigenvalue weighted by molar-refractivity contribution is 5.68. The zero-order valence-electron chi connectivity index (χ0n) is 10.7. The first-order valence-electron chi connectivity index (χ1n) is 5.92.